The van der Waals surface area contributed by atoms with Gasteiger partial charge in [0.2, 0.25) is 0 Å². The van der Waals surface area contributed by atoms with Gasteiger partial charge in [0.25, 0.3) is 0 Å². The number of quaternary nitrogens is 1. The van der Waals surface area contributed by atoms with Crippen molar-refractivity contribution in [3.63, 3.8) is 0 Å². The topological polar surface area (TPSA) is 27.7 Å². The number of ether oxygens (including phenoxy) is 3. The molecule has 2 aliphatic heterocycles. The van der Waals surface area contributed by atoms with Crippen molar-refractivity contribution in [2.24, 2.45) is 0 Å². The molecule has 0 aliphatic carbocycles. The third-order valence-corrected chi connectivity index (χ3v) is 4.29. The molecule has 0 aromatic rings. The summed E-state index contributed by atoms with van der Waals surface area (Å²) < 4.78 is 17.9. The van der Waals surface area contributed by atoms with Crippen molar-refractivity contribution in [3.8, 4) is 0 Å². The molecular weight excluding hydrogens is 230 g/mol. The van der Waals surface area contributed by atoms with Crippen LogP contribution in [0.25, 0.3) is 0 Å². The molecule has 0 spiro atoms. The molecule has 18 heavy (non-hydrogen) atoms. The Bertz CT molecular complexity index is 223. The molecular formula is C14H28NO3+. The lowest BCUT2D eigenvalue weighted by Crippen LogP contribution is -2.49. The monoisotopic (exact) mass is 258 g/mol. The minimum atomic E-state index is 0.0591. The first-order valence-electron chi connectivity index (χ1n) is 7.42. The Kier molecular flexibility index (Phi) is 5.89. The Labute approximate surface area is 111 Å². The molecule has 0 saturated carbocycles. The Morgan fingerprint density at radius 2 is 1.83 bits per heavy atom. The zero-order chi connectivity index (χ0) is 12.7. The molecule has 0 amide bonds. The van der Waals surface area contributed by atoms with Gasteiger partial charge < -0.3 is 18.7 Å². The van der Waals surface area contributed by atoms with Gasteiger partial charge in [-0.25, -0.2) is 0 Å². The summed E-state index contributed by atoms with van der Waals surface area (Å²) in [5.41, 5.74) is 0. The molecule has 4 nitrogen and oxygen atoms in total. The molecule has 0 radical (unpaired) electrons. The Morgan fingerprint density at radius 3 is 2.50 bits per heavy atom. The van der Waals surface area contributed by atoms with E-state index >= 15 is 0 Å². The number of methoxy groups -OCH3 is 1. The van der Waals surface area contributed by atoms with Gasteiger partial charge in [-0.3, -0.25) is 0 Å². The summed E-state index contributed by atoms with van der Waals surface area (Å²) in [5, 5.41) is 0. The molecule has 0 aromatic heterocycles. The summed E-state index contributed by atoms with van der Waals surface area (Å²) in [7, 11) is 1.79. The van der Waals surface area contributed by atoms with Crippen LogP contribution >= 0.6 is 0 Å². The van der Waals surface area contributed by atoms with Gasteiger partial charge in [0, 0.05) is 26.6 Å². The molecule has 0 bridgehead atoms. The van der Waals surface area contributed by atoms with Crippen LogP contribution in [-0.2, 0) is 14.2 Å². The standard InChI is InChI=1S/C14H28NO3/c1-16-12-9-15(7-3-4-8-15)10-13-18-14-6-2-5-11-17-14/h14H,2-13H2,1H3/q+1. The lowest BCUT2D eigenvalue weighted by Gasteiger charge is -2.34. The fourth-order valence-corrected chi connectivity index (χ4v) is 3.07. The van der Waals surface area contributed by atoms with Gasteiger partial charge in [-0.1, -0.05) is 0 Å². The summed E-state index contributed by atoms with van der Waals surface area (Å²) >= 11 is 0. The van der Waals surface area contributed by atoms with E-state index in [1.165, 1.54) is 43.3 Å². The van der Waals surface area contributed by atoms with Crippen LogP contribution in [0, 0.1) is 0 Å². The molecule has 106 valence electrons. The van der Waals surface area contributed by atoms with Crippen molar-refractivity contribution in [2.75, 3.05) is 53.1 Å². The van der Waals surface area contributed by atoms with Crippen molar-refractivity contribution in [2.45, 2.75) is 38.4 Å². The average molecular weight is 258 g/mol. The Morgan fingerprint density at radius 1 is 1.06 bits per heavy atom. The second kappa shape index (κ2) is 7.43. The highest BCUT2D eigenvalue weighted by Crippen LogP contribution is 2.20. The van der Waals surface area contributed by atoms with Crippen LogP contribution in [0.3, 0.4) is 0 Å². The van der Waals surface area contributed by atoms with E-state index in [4.69, 9.17) is 14.2 Å². The summed E-state index contributed by atoms with van der Waals surface area (Å²) in [4.78, 5) is 0. The highest BCUT2D eigenvalue weighted by Gasteiger charge is 2.31. The van der Waals surface area contributed by atoms with Crippen LogP contribution < -0.4 is 0 Å². The molecule has 0 aromatic carbocycles. The molecule has 2 fully saturated rings. The van der Waals surface area contributed by atoms with E-state index in [0.717, 1.165) is 39.3 Å². The van der Waals surface area contributed by atoms with Crippen LogP contribution in [0.15, 0.2) is 0 Å². The van der Waals surface area contributed by atoms with E-state index in [9.17, 15) is 0 Å². The van der Waals surface area contributed by atoms with Crippen molar-refractivity contribution < 1.29 is 18.7 Å². The van der Waals surface area contributed by atoms with Gasteiger partial charge in [0.15, 0.2) is 6.29 Å². The smallest absolute Gasteiger partial charge is 0.157 e. The molecule has 2 aliphatic rings. The second-order valence-corrected chi connectivity index (χ2v) is 5.60. The van der Waals surface area contributed by atoms with Gasteiger partial charge in [0.1, 0.15) is 13.1 Å². The summed E-state index contributed by atoms with van der Waals surface area (Å²) in [6.45, 7) is 7.38. The second-order valence-electron chi connectivity index (χ2n) is 5.60. The molecule has 1 unspecified atom stereocenters. The maximum Gasteiger partial charge on any atom is 0.157 e. The Balaban J connectivity index is 1.68. The van der Waals surface area contributed by atoms with Crippen LogP contribution in [0.4, 0.5) is 0 Å². The molecule has 2 saturated heterocycles. The van der Waals surface area contributed by atoms with E-state index in [0.29, 0.717) is 0 Å². The lowest BCUT2D eigenvalue weighted by atomic mass is 10.2. The minimum absolute atomic E-state index is 0.0591. The molecule has 1 atom stereocenters. The van der Waals surface area contributed by atoms with E-state index in [2.05, 4.69) is 0 Å². The van der Waals surface area contributed by atoms with Gasteiger partial charge in [-0.15, -0.1) is 0 Å². The van der Waals surface area contributed by atoms with Crippen LogP contribution in [0.1, 0.15) is 32.1 Å². The van der Waals surface area contributed by atoms with Crippen LogP contribution in [-0.4, -0.2) is 63.9 Å². The predicted molar refractivity (Wildman–Crippen MR) is 70.4 cm³/mol. The summed E-state index contributed by atoms with van der Waals surface area (Å²) in [6.07, 6.45) is 6.26. The maximum absolute atomic E-state index is 5.87. The van der Waals surface area contributed by atoms with Gasteiger partial charge in [-0.2, -0.15) is 0 Å². The van der Waals surface area contributed by atoms with Crippen molar-refractivity contribution in [3.05, 3.63) is 0 Å². The van der Waals surface area contributed by atoms with E-state index in [1.807, 2.05) is 0 Å². The average Bonchev–Trinajstić information content (AvgIpc) is 2.87. The highest BCUT2D eigenvalue weighted by atomic mass is 16.7. The van der Waals surface area contributed by atoms with Gasteiger partial charge in [-0.05, 0) is 19.3 Å². The first kappa shape index (κ1) is 14.3. The first-order chi connectivity index (χ1) is 8.85. The van der Waals surface area contributed by atoms with Crippen LogP contribution in [0.2, 0.25) is 0 Å². The number of rotatable bonds is 7. The lowest BCUT2D eigenvalue weighted by molar-refractivity contribution is -0.917. The summed E-state index contributed by atoms with van der Waals surface area (Å²) in [6, 6.07) is 0. The van der Waals surface area contributed by atoms with Gasteiger partial charge in [0.05, 0.1) is 26.3 Å². The van der Waals surface area contributed by atoms with Gasteiger partial charge >= 0.3 is 0 Å². The van der Waals surface area contributed by atoms with E-state index in [1.54, 1.807) is 7.11 Å². The highest BCUT2D eigenvalue weighted by molar-refractivity contribution is 4.57. The zero-order valence-corrected chi connectivity index (χ0v) is 11.7. The fourth-order valence-electron chi connectivity index (χ4n) is 3.07. The number of hydrogen-bond donors (Lipinski definition) is 0. The van der Waals surface area contributed by atoms with E-state index < -0.39 is 0 Å². The quantitative estimate of drug-likeness (QED) is 0.652. The molecule has 0 N–H and O–H groups in total. The fraction of sp³-hybridized carbons (Fsp3) is 1.00. The number of hydrogen-bond acceptors (Lipinski definition) is 3. The largest absolute Gasteiger partial charge is 0.379 e. The first-order valence-corrected chi connectivity index (χ1v) is 7.42. The normalized spacial score (nSPS) is 27.5. The zero-order valence-electron chi connectivity index (χ0n) is 11.7. The molecule has 2 heterocycles. The molecule has 4 heteroatoms. The Hall–Kier alpha value is -0.160. The van der Waals surface area contributed by atoms with E-state index in [-0.39, 0.29) is 6.29 Å². The number of nitrogens with zero attached hydrogens (tertiary/aromatic N) is 1. The maximum atomic E-state index is 5.87. The van der Waals surface area contributed by atoms with Crippen molar-refractivity contribution in [1.29, 1.82) is 0 Å². The van der Waals surface area contributed by atoms with Crippen LogP contribution in [0.5, 0.6) is 0 Å². The molecule has 2 rings (SSSR count). The number of likely N-dealkylation sites (tertiary alicyclic amines) is 1. The summed E-state index contributed by atoms with van der Waals surface area (Å²) in [5.74, 6) is 0. The minimum Gasteiger partial charge on any atom is -0.379 e. The van der Waals surface area contributed by atoms with Crippen molar-refractivity contribution in [1.82, 2.24) is 0 Å². The third-order valence-electron chi connectivity index (χ3n) is 4.29. The predicted octanol–water partition coefficient (Wildman–Crippen LogP) is 1.79. The third kappa shape index (κ3) is 4.19. The SMILES string of the molecule is COCC[N+]1(CCOC2CCCCO2)CCCC1. The van der Waals surface area contributed by atoms with Crippen molar-refractivity contribution >= 4 is 0 Å².